The van der Waals surface area contributed by atoms with Crippen molar-refractivity contribution >= 4 is 11.6 Å². The van der Waals surface area contributed by atoms with Gasteiger partial charge in [-0.2, -0.15) is 17.6 Å². The highest BCUT2D eigenvalue weighted by atomic mass is 19.3. The molecular weight excluding hydrogens is 280 g/mol. The summed E-state index contributed by atoms with van der Waals surface area (Å²) in [7, 11) is 0. The Kier molecular flexibility index (Phi) is 4.62. The Hall–Kier alpha value is -1.93. The van der Waals surface area contributed by atoms with Crippen LogP contribution in [-0.2, 0) is 4.79 Å². The van der Waals surface area contributed by atoms with Gasteiger partial charge in [-0.3, -0.25) is 4.79 Å². The Labute approximate surface area is 103 Å². The molecule has 19 heavy (non-hydrogen) atoms. The molecular formula is C10H7F6NO2. The summed E-state index contributed by atoms with van der Waals surface area (Å²) in [6.07, 6.45) is -4.17. The van der Waals surface area contributed by atoms with Crippen LogP contribution in [0.5, 0.6) is 5.75 Å². The normalized spacial score (nSPS) is 11.8. The molecule has 1 rings (SSSR count). The lowest BCUT2D eigenvalue weighted by atomic mass is 10.2. The van der Waals surface area contributed by atoms with E-state index in [1.807, 2.05) is 0 Å². The smallest absolute Gasteiger partial charge is 0.387 e. The molecule has 0 aromatic heterocycles. The van der Waals surface area contributed by atoms with Gasteiger partial charge in [0.2, 0.25) is 0 Å². The van der Waals surface area contributed by atoms with Gasteiger partial charge in [0, 0.05) is 11.8 Å². The van der Waals surface area contributed by atoms with Crippen molar-refractivity contribution in [3.05, 3.63) is 24.3 Å². The van der Waals surface area contributed by atoms with Crippen molar-refractivity contribution in [2.75, 3.05) is 5.32 Å². The molecule has 1 N–H and O–H groups in total. The first-order valence-electron chi connectivity index (χ1n) is 4.75. The summed E-state index contributed by atoms with van der Waals surface area (Å²) in [5, 5.41) is 1.48. The fraction of sp³-hybridized carbons (Fsp3) is 0.300. The number of hydrogen-bond acceptors (Lipinski definition) is 2. The second-order valence-electron chi connectivity index (χ2n) is 3.28. The molecule has 0 fully saturated rings. The van der Waals surface area contributed by atoms with E-state index in [1.165, 1.54) is 5.32 Å². The van der Waals surface area contributed by atoms with Crippen LogP contribution in [0.15, 0.2) is 24.3 Å². The topological polar surface area (TPSA) is 38.3 Å². The van der Waals surface area contributed by atoms with Gasteiger partial charge < -0.3 is 10.1 Å². The number of benzene rings is 1. The van der Waals surface area contributed by atoms with E-state index in [-0.39, 0.29) is 5.69 Å². The lowest BCUT2D eigenvalue weighted by Crippen LogP contribution is -2.40. The monoisotopic (exact) mass is 287 g/mol. The molecule has 0 unspecified atom stereocenters. The molecule has 0 bridgehead atoms. The molecule has 9 heteroatoms. The molecule has 0 saturated heterocycles. The number of carbonyl (C=O) groups is 1. The molecule has 3 nitrogen and oxygen atoms in total. The lowest BCUT2D eigenvalue weighted by Gasteiger charge is -2.15. The molecule has 0 aliphatic heterocycles. The van der Waals surface area contributed by atoms with Gasteiger partial charge in [-0.05, 0) is 12.1 Å². The van der Waals surface area contributed by atoms with Crippen molar-refractivity contribution < 1.29 is 35.9 Å². The van der Waals surface area contributed by atoms with Crippen LogP contribution in [-0.4, -0.2) is 24.9 Å². The van der Waals surface area contributed by atoms with Crippen LogP contribution in [0.1, 0.15) is 0 Å². The third kappa shape index (κ3) is 4.04. The number of nitrogens with one attached hydrogen (secondary N) is 1. The van der Waals surface area contributed by atoms with E-state index >= 15 is 0 Å². The van der Waals surface area contributed by atoms with E-state index in [0.717, 1.165) is 24.3 Å². The van der Waals surface area contributed by atoms with Crippen molar-refractivity contribution in [2.24, 2.45) is 0 Å². The number of anilines is 1. The minimum absolute atomic E-state index is 0.372. The fourth-order valence-corrected chi connectivity index (χ4v) is 1.06. The second-order valence-corrected chi connectivity index (χ2v) is 3.28. The second kappa shape index (κ2) is 5.81. The zero-order valence-electron chi connectivity index (χ0n) is 9.05. The molecule has 0 saturated carbocycles. The number of alkyl halides is 6. The first-order valence-corrected chi connectivity index (χ1v) is 4.75. The molecule has 0 aliphatic rings. The van der Waals surface area contributed by atoms with Crippen molar-refractivity contribution in [3.63, 3.8) is 0 Å². The Morgan fingerprint density at radius 1 is 1.21 bits per heavy atom. The minimum Gasteiger partial charge on any atom is -0.435 e. The maximum absolute atomic E-state index is 12.6. The first-order chi connectivity index (χ1) is 8.73. The largest absolute Gasteiger partial charge is 0.435 e. The summed E-state index contributed by atoms with van der Waals surface area (Å²) >= 11 is 0. The van der Waals surface area contributed by atoms with Gasteiger partial charge in [0.25, 0.3) is 0 Å². The molecule has 0 atom stereocenters. The molecule has 1 aromatic rings. The predicted molar refractivity (Wildman–Crippen MR) is 52.7 cm³/mol. The number of ether oxygens (including phenoxy) is 1. The molecule has 0 radical (unpaired) electrons. The lowest BCUT2D eigenvalue weighted by molar-refractivity contribution is -0.163. The maximum Gasteiger partial charge on any atom is 0.387 e. The molecule has 0 heterocycles. The highest BCUT2D eigenvalue weighted by Crippen LogP contribution is 2.26. The number of carbonyl (C=O) groups excluding carboxylic acids is 1. The summed E-state index contributed by atoms with van der Waals surface area (Å²) in [6, 6.07) is 4.05. The first kappa shape index (κ1) is 15.1. The standard InChI is InChI=1S/C10H7F6NO2/c11-7(12)10(15,16)8(18)17-5-2-1-3-6(4-5)19-9(13)14/h1-4,7,9H,(H,17,18). The van der Waals surface area contributed by atoms with Crippen LogP contribution >= 0.6 is 0 Å². The molecule has 1 aromatic carbocycles. The Morgan fingerprint density at radius 3 is 2.37 bits per heavy atom. The number of amides is 1. The number of hydrogen-bond donors (Lipinski definition) is 1. The van der Waals surface area contributed by atoms with Crippen LogP contribution in [0.3, 0.4) is 0 Å². The Balaban J connectivity index is 2.80. The van der Waals surface area contributed by atoms with Gasteiger partial charge in [0.1, 0.15) is 5.75 Å². The zero-order valence-corrected chi connectivity index (χ0v) is 9.05. The number of halogens is 6. The molecule has 0 spiro atoms. The summed E-state index contributed by atoms with van der Waals surface area (Å²) in [4.78, 5) is 10.9. The fourth-order valence-electron chi connectivity index (χ4n) is 1.06. The molecule has 1 amide bonds. The van der Waals surface area contributed by atoms with Crippen LogP contribution in [0, 0.1) is 0 Å². The highest BCUT2D eigenvalue weighted by molar-refractivity contribution is 5.96. The predicted octanol–water partition coefficient (Wildman–Crippen LogP) is 3.13. The number of rotatable bonds is 5. The minimum atomic E-state index is -4.88. The van der Waals surface area contributed by atoms with E-state index in [4.69, 9.17) is 0 Å². The SMILES string of the molecule is O=C(Nc1cccc(OC(F)F)c1)C(F)(F)C(F)F. The third-order valence-electron chi connectivity index (χ3n) is 1.89. The van der Waals surface area contributed by atoms with Crippen molar-refractivity contribution in [2.45, 2.75) is 19.0 Å². The van der Waals surface area contributed by atoms with Gasteiger partial charge in [-0.15, -0.1) is 0 Å². The molecule has 106 valence electrons. The maximum atomic E-state index is 12.6. The third-order valence-corrected chi connectivity index (χ3v) is 1.89. The van der Waals surface area contributed by atoms with E-state index < -0.39 is 30.6 Å². The van der Waals surface area contributed by atoms with Gasteiger partial charge in [0.05, 0.1) is 0 Å². The van der Waals surface area contributed by atoms with Crippen LogP contribution in [0.4, 0.5) is 32.0 Å². The summed E-state index contributed by atoms with van der Waals surface area (Å²) in [5.41, 5.74) is -0.372. The van der Waals surface area contributed by atoms with Gasteiger partial charge in [-0.25, -0.2) is 8.78 Å². The van der Waals surface area contributed by atoms with E-state index in [1.54, 1.807) is 0 Å². The van der Waals surface area contributed by atoms with E-state index in [2.05, 4.69) is 4.74 Å². The summed E-state index contributed by atoms with van der Waals surface area (Å²) in [6.45, 7) is -3.14. The van der Waals surface area contributed by atoms with Crippen molar-refractivity contribution in [1.82, 2.24) is 0 Å². The van der Waals surface area contributed by atoms with E-state index in [0.29, 0.717) is 0 Å². The summed E-state index contributed by atoms with van der Waals surface area (Å²) in [5.74, 6) is -7.52. The quantitative estimate of drug-likeness (QED) is 0.845. The highest BCUT2D eigenvalue weighted by Gasteiger charge is 2.48. The Bertz CT molecular complexity index is 451. The Morgan fingerprint density at radius 2 is 1.84 bits per heavy atom. The zero-order chi connectivity index (χ0) is 14.6. The van der Waals surface area contributed by atoms with Crippen LogP contribution in [0.25, 0.3) is 0 Å². The average Bonchev–Trinajstić information content (AvgIpc) is 2.28. The van der Waals surface area contributed by atoms with Crippen LogP contribution in [0.2, 0.25) is 0 Å². The summed E-state index contributed by atoms with van der Waals surface area (Å²) < 4.78 is 76.7. The van der Waals surface area contributed by atoms with Gasteiger partial charge in [0.15, 0.2) is 0 Å². The van der Waals surface area contributed by atoms with Gasteiger partial charge in [-0.1, -0.05) is 6.07 Å². The van der Waals surface area contributed by atoms with Gasteiger partial charge >= 0.3 is 24.9 Å². The van der Waals surface area contributed by atoms with E-state index in [9.17, 15) is 31.1 Å². The van der Waals surface area contributed by atoms with Crippen molar-refractivity contribution in [3.8, 4) is 5.75 Å². The van der Waals surface area contributed by atoms with Crippen LogP contribution < -0.4 is 10.1 Å². The van der Waals surface area contributed by atoms with Crippen molar-refractivity contribution in [1.29, 1.82) is 0 Å². The molecule has 0 aliphatic carbocycles. The average molecular weight is 287 g/mol.